The van der Waals surface area contributed by atoms with Crippen LogP contribution in [0.1, 0.15) is 37.6 Å². The van der Waals surface area contributed by atoms with E-state index < -0.39 is 0 Å². The zero-order valence-corrected chi connectivity index (χ0v) is 13.2. The molecule has 0 amide bonds. The summed E-state index contributed by atoms with van der Waals surface area (Å²) in [6, 6.07) is 2.03. The summed E-state index contributed by atoms with van der Waals surface area (Å²) in [5.74, 6) is 1.85. The largest absolute Gasteiger partial charge is 0.381 e. The van der Waals surface area contributed by atoms with Gasteiger partial charge in [-0.15, -0.1) is 0 Å². The number of aromatic nitrogens is 4. The fraction of sp³-hybridized carbons (Fsp3) is 0.562. The molecule has 0 bridgehead atoms. The number of nitrogens with one attached hydrogen (secondary N) is 1. The Morgan fingerprint density at radius 1 is 1.41 bits per heavy atom. The lowest BCUT2D eigenvalue weighted by Gasteiger charge is -2.12. The van der Waals surface area contributed by atoms with E-state index in [1.54, 1.807) is 6.33 Å². The van der Waals surface area contributed by atoms with Crippen LogP contribution in [0.25, 0.3) is 0 Å². The Labute approximate surface area is 131 Å². The highest BCUT2D eigenvalue weighted by atomic mass is 16.5. The van der Waals surface area contributed by atoms with Crippen LogP contribution in [-0.4, -0.2) is 32.7 Å². The fourth-order valence-electron chi connectivity index (χ4n) is 2.69. The second kappa shape index (κ2) is 6.87. The van der Waals surface area contributed by atoms with Gasteiger partial charge in [-0.2, -0.15) is 0 Å². The number of imidazole rings is 1. The zero-order chi connectivity index (χ0) is 15.4. The van der Waals surface area contributed by atoms with Gasteiger partial charge in [-0.25, -0.2) is 15.0 Å². The van der Waals surface area contributed by atoms with Crippen molar-refractivity contribution in [3.05, 3.63) is 36.3 Å². The molecule has 1 aliphatic rings. The van der Waals surface area contributed by atoms with Crippen molar-refractivity contribution >= 4 is 5.82 Å². The second-order valence-corrected chi connectivity index (χ2v) is 6.17. The molecule has 1 aliphatic heterocycles. The van der Waals surface area contributed by atoms with Gasteiger partial charge in [0.25, 0.3) is 0 Å². The SMILES string of the molecule is CC(C)Cn1cncc1CNc1cc([C@@H]2CCOC2)ncn1. The van der Waals surface area contributed by atoms with E-state index in [-0.39, 0.29) is 0 Å². The van der Waals surface area contributed by atoms with Gasteiger partial charge in [-0.1, -0.05) is 13.8 Å². The summed E-state index contributed by atoms with van der Waals surface area (Å²) in [6.07, 6.45) is 6.46. The van der Waals surface area contributed by atoms with Gasteiger partial charge >= 0.3 is 0 Å². The second-order valence-electron chi connectivity index (χ2n) is 6.17. The van der Waals surface area contributed by atoms with Crippen molar-refractivity contribution in [1.82, 2.24) is 19.5 Å². The van der Waals surface area contributed by atoms with Crippen LogP contribution in [-0.2, 0) is 17.8 Å². The highest BCUT2D eigenvalue weighted by Gasteiger charge is 2.19. The van der Waals surface area contributed by atoms with Crippen molar-refractivity contribution in [2.24, 2.45) is 5.92 Å². The molecule has 0 aromatic carbocycles. The average Bonchev–Trinajstić information content (AvgIpc) is 3.16. The molecule has 1 saturated heterocycles. The van der Waals surface area contributed by atoms with Crippen molar-refractivity contribution in [3.63, 3.8) is 0 Å². The minimum Gasteiger partial charge on any atom is -0.381 e. The van der Waals surface area contributed by atoms with Gasteiger partial charge in [-0.3, -0.25) is 0 Å². The Bertz CT molecular complexity index is 604. The topological polar surface area (TPSA) is 64.9 Å². The third-order valence-corrected chi connectivity index (χ3v) is 3.85. The van der Waals surface area contributed by atoms with E-state index in [1.165, 1.54) is 0 Å². The molecular formula is C16H23N5O. The van der Waals surface area contributed by atoms with Crippen LogP contribution >= 0.6 is 0 Å². The van der Waals surface area contributed by atoms with Crippen molar-refractivity contribution in [2.45, 2.75) is 39.3 Å². The molecule has 22 heavy (non-hydrogen) atoms. The van der Waals surface area contributed by atoms with Crippen LogP contribution in [0.2, 0.25) is 0 Å². The van der Waals surface area contributed by atoms with E-state index >= 15 is 0 Å². The molecule has 6 nitrogen and oxygen atoms in total. The Morgan fingerprint density at radius 3 is 3.09 bits per heavy atom. The Morgan fingerprint density at radius 2 is 2.32 bits per heavy atom. The van der Waals surface area contributed by atoms with Crippen molar-refractivity contribution in [1.29, 1.82) is 0 Å². The molecule has 2 aromatic rings. The first-order valence-corrected chi connectivity index (χ1v) is 7.85. The average molecular weight is 301 g/mol. The molecule has 6 heteroatoms. The quantitative estimate of drug-likeness (QED) is 0.888. The maximum absolute atomic E-state index is 5.43. The van der Waals surface area contributed by atoms with Gasteiger partial charge in [0, 0.05) is 31.3 Å². The predicted molar refractivity (Wildman–Crippen MR) is 84.6 cm³/mol. The van der Waals surface area contributed by atoms with E-state index in [2.05, 4.69) is 38.7 Å². The van der Waals surface area contributed by atoms with Gasteiger partial charge in [0.05, 0.1) is 30.9 Å². The third-order valence-electron chi connectivity index (χ3n) is 3.85. The van der Waals surface area contributed by atoms with Crippen molar-refractivity contribution < 1.29 is 4.74 Å². The fourth-order valence-corrected chi connectivity index (χ4v) is 2.69. The van der Waals surface area contributed by atoms with E-state index in [1.807, 2.05) is 18.6 Å². The van der Waals surface area contributed by atoms with Crippen molar-refractivity contribution in [3.8, 4) is 0 Å². The molecule has 1 fully saturated rings. The molecule has 2 aromatic heterocycles. The van der Waals surface area contributed by atoms with Gasteiger partial charge in [0.1, 0.15) is 12.1 Å². The van der Waals surface area contributed by atoms with Gasteiger partial charge < -0.3 is 14.6 Å². The Balaban J connectivity index is 1.64. The summed E-state index contributed by atoms with van der Waals surface area (Å²) < 4.78 is 7.62. The van der Waals surface area contributed by atoms with Gasteiger partial charge in [-0.05, 0) is 12.3 Å². The smallest absolute Gasteiger partial charge is 0.129 e. The van der Waals surface area contributed by atoms with Crippen LogP contribution in [0.15, 0.2) is 24.9 Å². The number of anilines is 1. The molecule has 118 valence electrons. The van der Waals surface area contributed by atoms with E-state index in [0.29, 0.717) is 18.4 Å². The molecule has 1 N–H and O–H groups in total. The number of nitrogens with zero attached hydrogens (tertiary/aromatic N) is 4. The predicted octanol–water partition coefficient (Wildman–Crippen LogP) is 2.45. The Kier molecular flexibility index (Phi) is 4.68. The summed E-state index contributed by atoms with van der Waals surface area (Å²) >= 11 is 0. The maximum atomic E-state index is 5.43. The normalized spacial score (nSPS) is 18.0. The Hall–Kier alpha value is -1.95. The summed E-state index contributed by atoms with van der Waals surface area (Å²) in [5.41, 5.74) is 2.23. The highest BCUT2D eigenvalue weighted by Crippen LogP contribution is 2.24. The molecule has 3 heterocycles. The minimum absolute atomic E-state index is 0.398. The molecular weight excluding hydrogens is 278 g/mol. The lowest BCUT2D eigenvalue weighted by atomic mass is 10.1. The van der Waals surface area contributed by atoms with E-state index in [4.69, 9.17) is 4.74 Å². The molecule has 0 aliphatic carbocycles. The standard InChI is InChI=1S/C16H23N5O/c1-12(2)8-21-11-17-6-14(21)7-18-16-5-15(19-10-20-16)13-3-4-22-9-13/h5-6,10-13H,3-4,7-9H2,1-2H3,(H,18,19,20)/t13-/m1/s1. The molecule has 1 atom stereocenters. The zero-order valence-electron chi connectivity index (χ0n) is 13.2. The summed E-state index contributed by atoms with van der Waals surface area (Å²) in [6.45, 7) is 7.69. The first-order valence-electron chi connectivity index (χ1n) is 7.85. The summed E-state index contributed by atoms with van der Waals surface area (Å²) in [5, 5.41) is 3.37. The lowest BCUT2D eigenvalue weighted by Crippen LogP contribution is -2.11. The molecule has 0 unspecified atom stereocenters. The third kappa shape index (κ3) is 3.62. The van der Waals surface area contributed by atoms with Crippen LogP contribution in [0.5, 0.6) is 0 Å². The highest BCUT2D eigenvalue weighted by molar-refractivity contribution is 5.36. The summed E-state index contributed by atoms with van der Waals surface area (Å²) in [4.78, 5) is 12.9. The van der Waals surface area contributed by atoms with Gasteiger partial charge in [0.15, 0.2) is 0 Å². The minimum atomic E-state index is 0.398. The number of hydrogen-bond donors (Lipinski definition) is 1. The monoisotopic (exact) mass is 301 g/mol. The molecule has 0 radical (unpaired) electrons. The number of rotatable bonds is 6. The number of ether oxygens (including phenoxy) is 1. The van der Waals surface area contributed by atoms with Crippen LogP contribution in [0, 0.1) is 5.92 Å². The van der Waals surface area contributed by atoms with Gasteiger partial charge in [0.2, 0.25) is 0 Å². The first kappa shape index (κ1) is 15.0. The maximum Gasteiger partial charge on any atom is 0.129 e. The van der Waals surface area contributed by atoms with Crippen molar-refractivity contribution in [2.75, 3.05) is 18.5 Å². The molecule has 0 spiro atoms. The number of hydrogen-bond acceptors (Lipinski definition) is 5. The van der Waals surface area contributed by atoms with Crippen LogP contribution < -0.4 is 5.32 Å². The first-order chi connectivity index (χ1) is 10.7. The van der Waals surface area contributed by atoms with E-state index in [9.17, 15) is 0 Å². The lowest BCUT2D eigenvalue weighted by molar-refractivity contribution is 0.193. The van der Waals surface area contributed by atoms with E-state index in [0.717, 1.165) is 43.4 Å². The molecule has 0 saturated carbocycles. The van der Waals surface area contributed by atoms with Crippen LogP contribution in [0.3, 0.4) is 0 Å². The molecule has 3 rings (SSSR count). The van der Waals surface area contributed by atoms with Crippen LogP contribution in [0.4, 0.5) is 5.82 Å². The summed E-state index contributed by atoms with van der Waals surface area (Å²) in [7, 11) is 0.